The number of carbonyl (C=O) groups excluding carboxylic acids is 1. The van der Waals surface area contributed by atoms with E-state index >= 15 is 0 Å². The Kier molecular flexibility index (Phi) is 3.82. The van der Waals surface area contributed by atoms with Crippen LogP contribution in [0.2, 0.25) is 0 Å². The maximum atomic E-state index is 13.1. The van der Waals surface area contributed by atoms with E-state index in [0.29, 0.717) is 16.9 Å². The average Bonchev–Trinajstić information content (AvgIpc) is 2.66. The third-order valence-corrected chi connectivity index (χ3v) is 4.22. The lowest BCUT2D eigenvalue weighted by atomic mass is 9.89. The first-order chi connectivity index (χ1) is 12.2. The Bertz CT molecular complexity index is 944. The minimum absolute atomic E-state index is 0.0490. The van der Waals surface area contributed by atoms with Crippen molar-refractivity contribution in [3.05, 3.63) is 101 Å². The highest BCUT2D eigenvalue weighted by Gasteiger charge is 2.33. The maximum Gasteiger partial charge on any atom is 0.196 e. The van der Waals surface area contributed by atoms with E-state index in [0.717, 1.165) is 11.1 Å². The second-order valence-electron chi connectivity index (χ2n) is 5.93. The molecular weight excluding hydrogens is 312 g/mol. The van der Waals surface area contributed by atoms with Gasteiger partial charge in [0.15, 0.2) is 11.9 Å². The molecule has 1 heterocycles. The third-order valence-electron chi connectivity index (χ3n) is 4.22. The van der Waals surface area contributed by atoms with Crippen molar-refractivity contribution in [2.24, 2.45) is 0 Å². The Hall–Kier alpha value is -3.33. The lowest BCUT2D eigenvalue weighted by molar-refractivity contribution is 0.0963. The van der Waals surface area contributed by atoms with Crippen LogP contribution in [0.4, 0.5) is 0 Å². The Morgan fingerprint density at radius 1 is 0.880 bits per heavy atom. The first-order valence-corrected chi connectivity index (χ1v) is 8.08. The number of phenols is 1. The monoisotopic (exact) mass is 328 g/mol. The molecule has 1 aliphatic heterocycles. The van der Waals surface area contributed by atoms with Gasteiger partial charge >= 0.3 is 0 Å². The summed E-state index contributed by atoms with van der Waals surface area (Å²) in [6.45, 7) is 0. The summed E-state index contributed by atoms with van der Waals surface area (Å²) in [5.41, 5.74) is 2.78. The molecule has 0 saturated heterocycles. The van der Waals surface area contributed by atoms with E-state index in [4.69, 9.17) is 4.74 Å². The molecule has 0 bridgehead atoms. The van der Waals surface area contributed by atoms with Gasteiger partial charge in [0.2, 0.25) is 0 Å². The zero-order chi connectivity index (χ0) is 17.2. The summed E-state index contributed by atoms with van der Waals surface area (Å²) < 4.78 is 6.13. The van der Waals surface area contributed by atoms with Crippen LogP contribution < -0.4 is 4.74 Å². The van der Waals surface area contributed by atoms with Crippen LogP contribution >= 0.6 is 0 Å². The Labute approximate surface area is 145 Å². The summed E-state index contributed by atoms with van der Waals surface area (Å²) >= 11 is 0. The molecule has 1 aliphatic rings. The minimum Gasteiger partial charge on any atom is -0.508 e. The van der Waals surface area contributed by atoms with E-state index in [1.807, 2.05) is 66.7 Å². The summed E-state index contributed by atoms with van der Waals surface area (Å²) in [6.07, 6.45) is 1.37. The number of fused-ring (bicyclic) bond motifs is 1. The highest BCUT2D eigenvalue weighted by atomic mass is 16.5. The third kappa shape index (κ3) is 2.92. The molecule has 1 N–H and O–H groups in total. The fourth-order valence-electron chi connectivity index (χ4n) is 3.01. The van der Waals surface area contributed by atoms with E-state index in [1.54, 1.807) is 6.07 Å². The second kappa shape index (κ2) is 6.29. The molecule has 0 saturated carbocycles. The molecule has 1 atom stereocenters. The number of hydrogen-bond donors (Lipinski definition) is 1. The van der Waals surface area contributed by atoms with E-state index in [9.17, 15) is 9.90 Å². The van der Waals surface area contributed by atoms with Gasteiger partial charge in [-0.05, 0) is 35.4 Å². The molecule has 25 heavy (non-hydrogen) atoms. The number of phenolic OH excluding ortho intramolecular Hbond substituents is 1. The molecule has 3 heteroatoms. The predicted octanol–water partition coefficient (Wildman–Crippen LogP) is 4.79. The lowest BCUT2D eigenvalue weighted by Gasteiger charge is -2.28. The summed E-state index contributed by atoms with van der Waals surface area (Å²) in [6, 6.07) is 24.0. The molecule has 0 aliphatic carbocycles. The number of ketones is 1. The SMILES string of the molecule is O=C1/C(=C/c2ccccc2)C(c2ccccc2)Oc2ccc(O)cc21. The first-order valence-electron chi connectivity index (χ1n) is 8.08. The molecule has 3 aromatic rings. The van der Waals surface area contributed by atoms with Gasteiger partial charge in [-0.1, -0.05) is 60.7 Å². The number of hydrogen-bond acceptors (Lipinski definition) is 3. The molecule has 0 radical (unpaired) electrons. The van der Waals surface area contributed by atoms with Gasteiger partial charge in [-0.15, -0.1) is 0 Å². The summed E-state index contributed by atoms with van der Waals surface area (Å²) in [7, 11) is 0. The van der Waals surface area contributed by atoms with Crippen molar-refractivity contribution in [2.45, 2.75) is 6.10 Å². The van der Waals surface area contributed by atoms with Gasteiger partial charge in [0.1, 0.15) is 11.5 Å². The number of benzene rings is 3. The number of aromatic hydroxyl groups is 1. The molecule has 3 aromatic carbocycles. The summed E-state index contributed by atoms with van der Waals surface area (Å²) in [5.74, 6) is 0.407. The molecular formula is C22H16O3. The fourth-order valence-corrected chi connectivity index (χ4v) is 3.01. The molecule has 0 spiro atoms. The van der Waals surface area contributed by atoms with Crippen LogP contribution in [-0.2, 0) is 0 Å². The van der Waals surface area contributed by atoms with Crippen LogP contribution in [0.1, 0.15) is 27.6 Å². The first kappa shape index (κ1) is 15.2. The lowest BCUT2D eigenvalue weighted by Crippen LogP contribution is -2.23. The molecule has 122 valence electrons. The summed E-state index contributed by atoms with van der Waals surface area (Å²) in [4.78, 5) is 13.1. The molecule has 0 aromatic heterocycles. The predicted molar refractivity (Wildman–Crippen MR) is 96.7 cm³/mol. The number of rotatable bonds is 2. The Morgan fingerprint density at radius 3 is 2.28 bits per heavy atom. The normalized spacial score (nSPS) is 17.8. The van der Waals surface area contributed by atoms with Crippen LogP contribution in [0.15, 0.2) is 84.4 Å². The molecule has 3 nitrogen and oxygen atoms in total. The van der Waals surface area contributed by atoms with Crippen molar-refractivity contribution >= 4 is 11.9 Å². The highest BCUT2D eigenvalue weighted by molar-refractivity contribution is 6.14. The van der Waals surface area contributed by atoms with E-state index < -0.39 is 6.10 Å². The molecule has 4 rings (SSSR count). The topological polar surface area (TPSA) is 46.5 Å². The molecule has 0 amide bonds. The van der Waals surface area contributed by atoms with Crippen molar-refractivity contribution in [1.29, 1.82) is 0 Å². The number of carbonyl (C=O) groups is 1. The Balaban J connectivity index is 1.87. The van der Waals surface area contributed by atoms with Crippen LogP contribution in [0.5, 0.6) is 11.5 Å². The van der Waals surface area contributed by atoms with Crippen LogP contribution in [0.25, 0.3) is 6.08 Å². The van der Waals surface area contributed by atoms with Gasteiger partial charge in [-0.3, -0.25) is 4.79 Å². The maximum absolute atomic E-state index is 13.1. The van der Waals surface area contributed by atoms with Gasteiger partial charge in [-0.2, -0.15) is 0 Å². The fraction of sp³-hybridized carbons (Fsp3) is 0.0455. The van der Waals surface area contributed by atoms with Crippen LogP contribution in [0, 0.1) is 0 Å². The van der Waals surface area contributed by atoms with Gasteiger partial charge in [0.25, 0.3) is 0 Å². The molecule has 1 unspecified atom stereocenters. The quantitative estimate of drug-likeness (QED) is 0.688. The smallest absolute Gasteiger partial charge is 0.196 e. The van der Waals surface area contributed by atoms with Crippen molar-refractivity contribution in [2.75, 3.05) is 0 Å². The highest BCUT2D eigenvalue weighted by Crippen LogP contribution is 2.40. The van der Waals surface area contributed by atoms with Crippen molar-refractivity contribution in [3.8, 4) is 11.5 Å². The van der Waals surface area contributed by atoms with Crippen LogP contribution in [0.3, 0.4) is 0 Å². The zero-order valence-corrected chi connectivity index (χ0v) is 13.4. The van der Waals surface area contributed by atoms with E-state index in [2.05, 4.69) is 0 Å². The summed E-state index contributed by atoms with van der Waals surface area (Å²) in [5, 5.41) is 9.74. The zero-order valence-electron chi connectivity index (χ0n) is 13.4. The minimum atomic E-state index is -0.481. The number of Topliss-reactive ketones (excluding diaryl/α,β-unsaturated/α-hetero) is 1. The largest absolute Gasteiger partial charge is 0.508 e. The van der Waals surface area contributed by atoms with E-state index in [1.165, 1.54) is 12.1 Å². The van der Waals surface area contributed by atoms with Gasteiger partial charge in [0, 0.05) is 5.57 Å². The van der Waals surface area contributed by atoms with Crippen molar-refractivity contribution in [3.63, 3.8) is 0 Å². The van der Waals surface area contributed by atoms with Crippen molar-refractivity contribution < 1.29 is 14.6 Å². The number of ether oxygens (including phenoxy) is 1. The van der Waals surface area contributed by atoms with Gasteiger partial charge in [0.05, 0.1) is 5.56 Å². The molecule has 0 fully saturated rings. The van der Waals surface area contributed by atoms with E-state index in [-0.39, 0.29) is 11.5 Å². The second-order valence-corrected chi connectivity index (χ2v) is 5.93. The van der Waals surface area contributed by atoms with Crippen LogP contribution in [-0.4, -0.2) is 10.9 Å². The van der Waals surface area contributed by atoms with Gasteiger partial charge < -0.3 is 9.84 Å². The van der Waals surface area contributed by atoms with Crippen molar-refractivity contribution in [1.82, 2.24) is 0 Å². The standard InChI is InChI=1S/C22H16O3/c23-17-11-12-20-18(14-17)21(24)19(13-15-7-3-1-4-8-15)22(25-20)16-9-5-2-6-10-16/h1-14,22-23H/b19-13-. The van der Waals surface area contributed by atoms with Gasteiger partial charge in [-0.25, -0.2) is 0 Å². The average molecular weight is 328 g/mol. The Morgan fingerprint density at radius 2 is 1.56 bits per heavy atom.